The Morgan fingerprint density at radius 1 is 0.254 bits per heavy atom. The van der Waals surface area contributed by atoms with Crippen molar-refractivity contribution in [2.45, 2.75) is 0 Å². The van der Waals surface area contributed by atoms with Gasteiger partial charge in [-0.25, -0.2) is 0 Å². The molecule has 63 heavy (non-hydrogen) atoms. The topological polar surface area (TPSA) is 32.9 Å². The Morgan fingerprint density at radius 3 is 1.16 bits per heavy atom. The molecule has 0 unspecified atom stereocenters. The summed E-state index contributed by atoms with van der Waals surface area (Å²) in [5, 5.41) is 9.61. The Balaban J connectivity index is 0.997. The molecular weight excluding hydrogens is 769 g/mol. The molecule has 294 valence electrons. The van der Waals surface area contributed by atoms with Crippen molar-refractivity contribution in [1.29, 1.82) is 0 Å². The van der Waals surface area contributed by atoms with Crippen LogP contribution in [-0.4, -0.2) is 18.3 Å². The van der Waals surface area contributed by atoms with E-state index in [1.807, 2.05) is 0 Å². The molecule has 0 aliphatic rings. The quantitative estimate of drug-likeness (QED) is 0.171. The molecule has 0 saturated heterocycles. The van der Waals surface area contributed by atoms with Gasteiger partial charge in [0.1, 0.15) is 22.5 Å². The van der Waals surface area contributed by atoms with Gasteiger partial charge in [-0.1, -0.05) is 127 Å². The third-order valence-corrected chi connectivity index (χ3v) is 13.1. The first-order valence-corrected chi connectivity index (χ1v) is 21.5. The van der Waals surface area contributed by atoms with Gasteiger partial charge < -0.3 is 4.42 Å². The van der Waals surface area contributed by atoms with Crippen LogP contribution >= 0.6 is 0 Å². The summed E-state index contributed by atoms with van der Waals surface area (Å²) in [5.74, 6) is 0. The van der Waals surface area contributed by atoms with Gasteiger partial charge in [0.15, 0.2) is 0 Å². The number of hydrogen-bond donors (Lipinski definition) is 0. The second-order valence-electron chi connectivity index (χ2n) is 16.5. The van der Waals surface area contributed by atoms with Crippen LogP contribution in [0.2, 0.25) is 0 Å². The molecule has 0 saturated carbocycles. The zero-order valence-electron chi connectivity index (χ0n) is 34.0. The van der Waals surface area contributed by atoms with E-state index in [0.29, 0.717) is 0 Å². The summed E-state index contributed by atoms with van der Waals surface area (Å²) in [6, 6.07) is 78.8. The summed E-state index contributed by atoms with van der Waals surface area (Å²) in [4.78, 5) is 0. The van der Waals surface area contributed by atoms with Crippen LogP contribution in [0, 0.1) is 0 Å². The summed E-state index contributed by atoms with van der Waals surface area (Å²) >= 11 is 0. The third-order valence-electron chi connectivity index (χ3n) is 13.1. The fourth-order valence-electron chi connectivity index (χ4n) is 10.5. The predicted molar refractivity (Wildman–Crippen MR) is 261 cm³/mol. The second-order valence-corrected chi connectivity index (χ2v) is 16.5. The monoisotopic (exact) mass is 804 g/mol. The lowest BCUT2D eigenvalue weighted by molar-refractivity contribution is 0.669. The fourth-order valence-corrected chi connectivity index (χ4v) is 10.5. The molecule has 0 atom stereocenters. The summed E-state index contributed by atoms with van der Waals surface area (Å²) < 4.78 is 16.3. The van der Waals surface area contributed by atoms with E-state index in [9.17, 15) is 0 Å². The van der Waals surface area contributed by atoms with Gasteiger partial charge in [0, 0.05) is 65.8 Å². The SMILES string of the molecule is c1ccc(-n2c3ccccc3c3c4ccccc4n(-c4ccc5oc6ccc(-c7ccc8c9c%10ccccc%10n(-c%10ccccc%10)c9n(-c9ccccc9)c8c7)cc6c5c4)c32)cc1. The average Bonchev–Trinajstić information content (AvgIpc) is 4.14. The zero-order valence-corrected chi connectivity index (χ0v) is 34.0. The maximum Gasteiger partial charge on any atom is 0.135 e. The fraction of sp³-hybridized carbons (Fsp3) is 0. The van der Waals surface area contributed by atoms with E-state index in [4.69, 9.17) is 4.42 Å². The van der Waals surface area contributed by atoms with E-state index in [1.165, 1.54) is 48.9 Å². The van der Waals surface area contributed by atoms with Crippen LogP contribution in [0.25, 0.3) is 121 Å². The van der Waals surface area contributed by atoms with Crippen LogP contribution < -0.4 is 0 Å². The molecule has 0 aliphatic carbocycles. The Morgan fingerprint density at radius 2 is 0.635 bits per heavy atom. The Hall–Kier alpha value is -8.54. The van der Waals surface area contributed by atoms with Crippen molar-refractivity contribution in [3.8, 4) is 33.9 Å². The Bertz CT molecular complexity index is 4120. The number of fused-ring (bicyclic) bond motifs is 13. The first kappa shape index (κ1) is 34.2. The van der Waals surface area contributed by atoms with E-state index in [1.54, 1.807) is 0 Å². The molecule has 5 heterocycles. The van der Waals surface area contributed by atoms with Gasteiger partial charge in [-0.3, -0.25) is 18.3 Å². The van der Waals surface area contributed by atoms with Crippen molar-refractivity contribution in [3.63, 3.8) is 0 Å². The largest absolute Gasteiger partial charge is 0.456 e. The second kappa shape index (κ2) is 13.0. The van der Waals surface area contributed by atoms with Gasteiger partial charge >= 0.3 is 0 Å². The summed E-state index contributed by atoms with van der Waals surface area (Å²) in [7, 11) is 0. The maximum absolute atomic E-state index is 6.58. The molecule has 0 radical (unpaired) electrons. The molecule has 5 nitrogen and oxygen atoms in total. The summed E-state index contributed by atoms with van der Waals surface area (Å²) in [6.45, 7) is 0. The standard InChI is InChI=1S/C58H36N4O/c1-4-16-39(17-5-1)59-50-26-14-11-23-44(50)56-46-31-28-38(35-52(46)61(57(56)59)41-20-8-3-9-21-41)37-29-32-53-47(34-37)48-36-42(30-33-54(48)63-53)62-51-27-15-12-24-45(51)55-43-22-10-13-25-49(43)60(58(55)62)40-18-6-2-7-19-40/h1-36H. The minimum atomic E-state index is 0.867. The molecule has 14 aromatic rings. The van der Waals surface area contributed by atoms with Crippen LogP contribution in [0.5, 0.6) is 0 Å². The number of benzene rings is 9. The first-order chi connectivity index (χ1) is 31.3. The minimum Gasteiger partial charge on any atom is -0.456 e. The number of furan rings is 1. The van der Waals surface area contributed by atoms with Crippen molar-refractivity contribution in [2.24, 2.45) is 0 Å². The van der Waals surface area contributed by atoms with E-state index in [-0.39, 0.29) is 0 Å². The van der Waals surface area contributed by atoms with Crippen molar-refractivity contribution >= 4 is 87.6 Å². The van der Waals surface area contributed by atoms with Gasteiger partial charge in [0.05, 0.1) is 22.1 Å². The van der Waals surface area contributed by atoms with Crippen LogP contribution in [-0.2, 0) is 0 Å². The van der Waals surface area contributed by atoms with Gasteiger partial charge in [0.25, 0.3) is 0 Å². The van der Waals surface area contributed by atoms with Crippen LogP contribution in [0.3, 0.4) is 0 Å². The van der Waals surface area contributed by atoms with Gasteiger partial charge in [-0.2, -0.15) is 0 Å². The van der Waals surface area contributed by atoms with Gasteiger partial charge in [-0.15, -0.1) is 0 Å². The zero-order chi connectivity index (χ0) is 41.2. The van der Waals surface area contributed by atoms with Crippen molar-refractivity contribution in [2.75, 3.05) is 0 Å². The normalized spacial score (nSPS) is 12.1. The molecule has 0 spiro atoms. The molecule has 5 aromatic heterocycles. The molecule has 0 amide bonds. The predicted octanol–water partition coefficient (Wildman–Crippen LogP) is 15.3. The third kappa shape index (κ3) is 4.82. The maximum atomic E-state index is 6.58. The molecule has 0 aliphatic heterocycles. The molecule has 14 rings (SSSR count). The first-order valence-electron chi connectivity index (χ1n) is 21.5. The molecule has 0 fully saturated rings. The molecular formula is C58H36N4O. The van der Waals surface area contributed by atoms with Gasteiger partial charge in [0.2, 0.25) is 0 Å². The Labute approximate surface area is 361 Å². The van der Waals surface area contributed by atoms with E-state index in [2.05, 4.69) is 237 Å². The van der Waals surface area contributed by atoms with Gasteiger partial charge in [-0.05, 0) is 102 Å². The smallest absolute Gasteiger partial charge is 0.135 e. The minimum absolute atomic E-state index is 0.867. The highest BCUT2D eigenvalue weighted by atomic mass is 16.3. The lowest BCUT2D eigenvalue weighted by Gasteiger charge is -2.13. The molecule has 5 heteroatoms. The van der Waals surface area contributed by atoms with Crippen molar-refractivity contribution in [3.05, 3.63) is 218 Å². The number of para-hydroxylation sites is 6. The molecule has 0 N–H and O–H groups in total. The summed E-state index contributed by atoms with van der Waals surface area (Å²) in [6.07, 6.45) is 0. The van der Waals surface area contributed by atoms with Crippen LogP contribution in [0.4, 0.5) is 0 Å². The van der Waals surface area contributed by atoms with E-state index >= 15 is 0 Å². The number of hydrogen-bond acceptors (Lipinski definition) is 1. The van der Waals surface area contributed by atoms with Crippen LogP contribution in [0.15, 0.2) is 223 Å². The highest BCUT2D eigenvalue weighted by Crippen LogP contribution is 2.44. The van der Waals surface area contributed by atoms with Crippen molar-refractivity contribution < 1.29 is 4.42 Å². The summed E-state index contributed by atoms with van der Waals surface area (Å²) in [5.41, 5.74) is 15.5. The van der Waals surface area contributed by atoms with Crippen LogP contribution in [0.1, 0.15) is 0 Å². The number of nitrogens with zero attached hydrogens (tertiary/aromatic N) is 4. The highest BCUT2D eigenvalue weighted by Gasteiger charge is 2.24. The number of aromatic nitrogens is 4. The van der Waals surface area contributed by atoms with Crippen molar-refractivity contribution in [1.82, 2.24) is 18.3 Å². The lowest BCUT2D eigenvalue weighted by atomic mass is 10.0. The average molecular weight is 805 g/mol. The number of rotatable bonds is 5. The highest BCUT2D eigenvalue weighted by molar-refractivity contribution is 6.24. The lowest BCUT2D eigenvalue weighted by Crippen LogP contribution is -2.01. The van der Waals surface area contributed by atoms with E-state index in [0.717, 1.165) is 72.6 Å². The Kier molecular flexibility index (Phi) is 7.05. The van der Waals surface area contributed by atoms with E-state index < -0.39 is 0 Å². The molecule has 9 aromatic carbocycles. The molecule has 0 bridgehead atoms.